The highest BCUT2D eigenvalue weighted by Crippen LogP contribution is 2.08. The Kier molecular flexibility index (Phi) is 9.46. The lowest BCUT2D eigenvalue weighted by Crippen LogP contribution is -2.16. The van der Waals surface area contributed by atoms with E-state index in [2.05, 4.69) is 17.2 Å². The van der Waals surface area contributed by atoms with Gasteiger partial charge in [-0.2, -0.15) is 0 Å². The van der Waals surface area contributed by atoms with Crippen LogP contribution in [0.2, 0.25) is 0 Å². The summed E-state index contributed by atoms with van der Waals surface area (Å²) in [6.07, 6.45) is 10.5. The molecule has 0 saturated carbocycles. The van der Waals surface area contributed by atoms with Crippen LogP contribution in [0.1, 0.15) is 74.5 Å². The number of aromatic carboxylic acids is 1. The van der Waals surface area contributed by atoms with Crippen molar-refractivity contribution in [3.8, 4) is 0 Å². The first-order chi connectivity index (χ1) is 10.2. The van der Waals surface area contributed by atoms with E-state index in [4.69, 9.17) is 5.11 Å². The number of unbranched alkanes of at least 4 members (excludes halogenated alkanes) is 7. The highest BCUT2D eigenvalue weighted by atomic mass is 16.4. The lowest BCUT2D eigenvalue weighted by Gasteiger charge is -2.05. The first-order valence-corrected chi connectivity index (χ1v) is 8.14. The Hall–Kier alpha value is -1.42. The molecule has 0 aliphatic carbocycles. The average molecular weight is 292 g/mol. The van der Waals surface area contributed by atoms with E-state index in [0.717, 1.165) is 12.2 Å². The zero-order valence-corrected chi connectivity index (χ0v) is 13.1. The smallest absolute Gasteiger partial charge is 0.354 e. The largest absolute Gasteiger partial charge is 0.477 e. The van der Waals surface area contributed by atoms with Gasteiger partial charge in [-0.3, -0.25) is 0 Å². The molecule has 0 radical (unpaired) electrons. The Bertz CT molecular complexity index is 408. The lowest BCUT2D eigenvalue weighted by molar-refractivity contribution is 0.0690. The third-order valence-corrected chi connectivity index (χ3v) is 3.54. The molecule has 2 N–H and O–H groups in total. The van der Waals surface area contributed by atoms with Gasteiger partial charge in [0.2, 0.25) is 0 Å². The molecule has 0 fully saturated rings. The summed E-state index contributed by atoms with van der Waals surface area (Å²) in [7, 11) is 0. The topological polar surface area (TPSA) is 62.2 Å². The number of nitrogens with zero attached hydrogens (tertiary/aromatic N) is 1. The molecule has 0 spiro atoms. The van der Waals surface area contributed by atoms with Crippen LogP contribution in [0, 0.1) is 0 Å². The van der Waals surface area contributed by atoms with Crippen molar-refractivity contribution >= 4 is 5.97 Å². The van der Waals surface area contributed by atoms with Gasteiger partial charge in [0.15, 0.2) is 0 Å². The third kappa shape index (κ3) is 8.45. The van der Waals surface area contributed by atoms with E-state index in [1.54, 1.807) is 6.07 Å². The standard InChI is InChI=1S/C17H28N2O2/c1-2-3-4-5-6-7-8-9-13-18-14-15-11-10-12-16(19-15)17(20)21/h10-12,18H,2-9,13-14H2,1H3,(H,20,21). The van der Waals surface area contributed by atoms with Crippen molar-refractivity contribution < 1.29 is 9.90 Å². The van der Waals surface area contributed by atoms with Crippen LogP contribution < -0.4 is 5.32 Å². The number of aromatic nitrogens is 1. The van der Waals surface area contributed by atoms with Crippen LogP contribution in [0.5, 0.6) is 0 Å². The van der Waals surface area contributed by atoms with Gasteiger partial charge in [0.05, 0.1) is 5.69 Å². The second-order valence-electron chi connectivity index (χ2n) is 5.47. The van der Waals surface area contributed by atoms with E-state index >= 15 is 0 Å². The fourth-order valence-corrected chi connectivity index (χ4v) is 2.30. The monoisotopic (exact) mass is 292 g/mol. The number of carbonyl (C=O) groups is 1. The molecule has 0 amide bonds. The highest BCUT2D eigenvalue weighted by molar-refractivity contribution is 5.85. The fourth-order valence-electron chi connectivity index (χ4n) is 2.30. The van der Waals surface area contributed by atoms with Crippen LogP contribution in [0.4, 0.5) is 0 Å². The summed E-state index contributed by atoms with van der Waals surface area (Å²) in [5, 5.41) is 12.2. The minimum Gasteiger partial charge on any atom is -0.477 e. The van der Waals surface area contributed by atoms with Crippen molar-refractivity contribution in [3.63, 3.8) is 0 Å². The van der Waals surface area contributed by atoms with Crippen molar-refractivity contribution in [2.75, 3.05) is 6.54 Å². The zero-order chi connectivity index (χ0) is 15.3. The van der Waals surface area contributed by atoms with E-state index in [-0.39, 0.29) is 5.69 Å². The van der Waals surface area contributed by atoms with Gasteiger partial charge in [-0.1, -0.05) is 57.9 Å². The molecule has 0 saturated heterocycles. The molecule has 1 rings (SSSR count). The summed E-state index contributed by atoms with van der Waals surface area (Å²) in [6.45, 7) is 3.85. The molecule has 4 heteroatoms. The second-order valence-corrected chi connectivity index (χ2v) is 5.47. The molecule has 1 heterocycles. The van der Waals surface area contributed by atoms with Gasteiger partial charge in [0.1, 0.15) is 5.69 Å². The Labute approximate surface area is 128 Å². The van der Waals surface area contributed by atoms with Crippen LogP contribution >= 0.6 is 0 Å². The van der Waals surface area contributed by atoms with Gasteiger partial charge < -0.3 is 10.4 Å². The molecule has 0 aliphatic rings. The van der Waals surface area contributed by atoms with Gasteiger partial charge in [0.25, 0.3) is 0 Å². The van der Waals surface area contributed by atoms with Crippen molar-refractivity contribution in [3.05, 3.63) is 29.6 Å². The molecule has 1 aromatic rings. The minimum absolute atomic E-state index is 0.112. The number of rotatable bonds is 12. The predicted octanol–water partition coefficient (Wildman–Crippen LogP) is 4.01. The number of hydrogen-bond donors (Lipinski definition) is 2. The minimum atomic E-state index is -0.972. The normalized spacial score (nSPS) is 10.7. The Morgan fingerprint density at radius 1 is 1.10 bits per heavy atom. The summed E-state index contributed by atoms with van der Waals surface area (Å²) in [4.78, 5) is 14.9. The Balaban J connectivity index is 2.01. The molecule has 0 bridgehead atoms. The predicted molar refractivity (Wildman–Crippen MR) is 85.5 cm³/mol. The van der Waals surface area contributed by atoms with Crippen LogP contribution in [-0.2, 0) is 6.54 Å². The zero-order valence-electron chi connectivity index (χ0n) is 13.1. The molecule has 4 nitrogen and oxygen atoms in total. The van der Waals surface area contributed by atoms with Crippen molar-refractivity contribution in [1.82, 2.24) is 10.3 Å². The molecule has 1 aromatic heterocycles. The third-order valence-electron chi connectivity index (χ3n) is 3.54. The molecule has 21 heavy (non-hydrogen) atoms. The summed E-state index contributed by atoms with van der Waals surface area (Å²) < 4.78 is 0. The van der Waals surface area contributed by atoms with E-state index in [0.29, 0.717) is 6.54 Å². The van der Waals surface area contributed by atoms with Crippen LogP contribution in [0.3, 0.4) is 0 Å². The number of carboxylic acid groups (broad SMARTS) is 1. The van der Waals surface area contributed by atoms with Crippen LogP contribution in [0.15, 0.2) is 18.2 Å². The molecular formula is C17H28N2O2. The lowest BCUT2D eigenvalue weighted by atomic mass is 10.1. The molecule has 0 unspecified atom stereocenters. The van der Waals surface area contributed by atoms with E-state index in [1.807, 2.05) is 6.07 Å². The first kappa shape index (κ1) is 17.6. The van der Waals surface area contributed by atoms with Crippen LogP contribution in [0.25, 0.3) is 0 Å². The first-order valence-electron chi connectivity index (χ1n) is 8.14. The fraction of sp³-hybridized carbons (Fsp3) is 0.647. The van der Waals surface area contributed by atoms with Gasteiger partial charge in [-0.05, 0) is 25.1 Å². The van der Waals surface area contributed by atoms with E-state index < -0.39 is 5.97 Å². The highest BCUT2D eigenvalue weighted by Gasteiger charge is 2.04. The van der Waals surface area contributed by atoms with Gasteiger partial charge >= 0.3 is 5.97 Å². The van der Waals surface area contributed by atoms with Crippen LogP contribution in [-0.4, -0.2) is 22.6 Å². The van der Waals surface area contributed by atoms with Gasteiger partial charge in [-0.25, -0.2) is 9.78 Å². The quantitative estimate of drug-likeness (QED) is 0.571. The molecule has 118 valence electrons. The molecule has 0 aromatic carbocycles. The van der Waals surface area contributed by atoms with Gasteiger partial charge in [-0.15, -0.1) is 0 Å². The number of pyridine rings is 1. The number of nitrogens with one attached hydrogen (secondary N) is 1. The number of hydrogen-bond acceptors (Lipinski definition) is 3. The summed E-state index contributed by atoms with van der Waals surface area (Å²) in [5.74, 6) is -0.972. The molecule has 0 aliphatic heterocycles. The second kappa shape index (κ2) is 11.3. The molecular weight excluding hydrogens is 264 g/mol. The Morgan fingerprint density at radius 3 is 2.43 bits per heavy atom. The maximum absolute atomic E-state index is 10.8. The summed E-state index contributed by atoms with van der Waals surface area (Å²) in [5.41, 5.74) is 0.899. The summed E-state index contributed by atoms with van der Waals surface area (Å²) >= 11 is 0. The van der Waals surface area contributed by atoms with Crippen molar-refractivity contribution in [1.29, 1.82) is 0 Å². The summed E-state index contributed by atoms with van der Waals surface area (Å²) in [6, 6.07) is 5.11. The maximum atomic E-state index is 10.8. The van der Waals surface area contributed by atoms with Gasteiger partial charge in [0, 0.05) is 6.54 Å². The molecule has 0 atom stereocenters. The van der Waals surface area contributed by atoms with E-state index in [9.17, 15) is 4.79 Å². The van der Waals surface area contributed by atoms with E-state index in [1.165, 1.54) is 57.4 Å². The number of carboxylic acids is 1. The maximum Gasteiger partial charge on any atom is 0.354 e. The van der Waals surface area contributed by atoms with Crippen molar-refractivity contribution in [2.45, 2.75) is 64.8 Å². The average Bonchev–Trinajstić information content (AvgIpc) is 2.49. The Morgan fingerprint density at radius 2 is 1.76 bits per heavy atom. The van der Waals surface area contributed by atoms with Crippen molar-refractivity contribution in [2.24, 2.45) is 0 Å². The SMILES string of the molecule is CCCCCCCCCCNCc1cccc(C(=O)O)n1.